The maximum atomic E-state index is 12.4. The molecule has 0 aromatic heterocycles. The minimum Gasteiger partial charge on any atom is -0.461 e. The Bertz CT molecular complexity index is 590. The molecule has 1 aromatic rings. The second-order valence-electron chi connectivity index (χ2n) is 7.04. The van der Waals surface area contributed by atoms with Gasteiger partial charge in [0.1, 0.15) is 18.0 Å². The van der Waals surface area contributed by atoms with Crippen LogP contribution in [-0.4, -0.2) is 29.4 Å². The maximum Gasteiger partial charge on any atom is 0.310 e. The highest BCUT2D eigenvalue weighted by Gasteiger charge is 2.29. The summed E-state index contributed by atoms with van der Waals surface area (Å²) in [5.41, 5.74) is 5.72. The van der Waals surface area contributed by atoms with Gasteiger partial charge in [-0.05, 0) is 33.3 Å². The van der Waals surface area contributed by atoms with E-state index >= 15 is 0 Å². The van der Waals surface area contributed by atoms with Crippen LogP contribution in [0.1, 0.15) is 46.1 Å². The molecular formula is C19H27NO5. The largest absolute Gasteiger partial charge is 0.461 e. The van der Waals surface area contributed by atoms with Crippen molar-refractivity contribution < 1.29 is 23.9 Å². The molecule has 0 aliphatic heterocycles. The van der Waals surface area contributed by atoms with E-state index in [1.165, 1.54) is 0 Å². The second-order valence-corrected chi connectivity index (χ2v) is 7.04. The van der Waals surface area contributed by atoms with E-state index in [2.05, 4.69) is 0 Å². The molecule has 0 unspecified atom stereocenters. The summed E-state index contributed by atoms with van der Waals surface area (Å²) in [7, 11) is 0. The fourth-order valence-electron chi connectivity index (χ4n) is 2.10. The molecule has 6 heteroatoms. The van der Waals surface area contributed by atoms with Crippen molar-refractivity contribution in [1.82, 2.24) is 0 Å². The normalized spacial score (nSPS) is 13.6. The lowest BCUT2D eigenvalue weighted by Crippen LogP contribution is -2.33. The van der Waals surface area contributed by atoms with Crippen molar-refractivity contribution in [3.05, 3.63) is 35.9 Å². The highest BCUT2D eigenvalue weighted by atomic mass is 16.6. The highest BCUT2D eigenvalue weighted by Crippen LogP contribution is 2.18. The number of carbonyl (C=O) groups excluding carboxylic acids is 3. The van der Waals surface area contributed by atoms with E-state index in [-0.39, 0.29) is 25.2 Å². The number of ketones is 1. The Labute approximate surface area is 148 Å². The molecule has 0 bridgehead atoms. The van der Waals surface area contributed by atoms with Crippen molar-refractivity contribution in [1.29, 1.82) is 0 Å². The van der Waals surface area contributed by atoms with Crippen LogP contribution >= 0.6 is 0 Å². The third-order valence-electron chi connectivity index (χ3n) is 3.35. The molecule has 1 rings (SSSR count). The monoisotopic (exact) mass is 349 g/mol. The van der Waals surface area contributed by atoms with Gasteiger partial charge in [-0.1, -0.05) is 30.3 Å². The van der Waals surface area contributed by atoms with Crippen LogP contribution in [0.3, 0.4) is 0 Å². The summed E-state index contributed by atoms with van der Waals surface area (Å²) in [5.74, 6) is -2.36. The lowest BCUT2D eigenvalue weighted by Gasteiger charge is -2.22. The first-order valence-electron chi connectivity index (χ1n) is 8.29. The summed E-state index contributed by atoms with van der Waals surface area (Å²) < 4.78 is 10.5. The molecule has 2 atom stereocenters. The predicted octanol–water partition coefficient (Wildman–Crippen LogP) is 2.38. The average molecular weight is 349 g/mol. The molecule has 6 nitrogen and oxygen atoms in total. The van der Waals surface area contributed by atoms with Crippen molar-refractivity contribution in [2.45, 2.75) is 58.8 Å². The molecule has 2 N–H and O–H groups in total. The van der Waals surface area contributed by atoms with Crippen molar-refractivity contribution in [2.24, 2.45) is 11.7 Å². The van der Waals surface area contributed by atoms with E-state index in [9.17, 15) is 14.4 Å². The van der Waals surface area contributed by atoms with Crippen LogP contribution < -0.4 is 5.73 Å². The number of rotatable bonds is 8. The minimum absolute atomic E-state index is 0.0802. The number of hydrogen-bond donors (Lipinski definition) is 1. The summed E-state index contributed by atoms with van der Waals surface area (Å²) in [5, 5.41) is 0. The summed E-state index contributed by atoms with van der Waals surface area (Å²) in [4.78, 5) is 36.3. The maximum absolute atomic E-state index is 12.4. The Morgan fingerprint density at radius 2 is 1.68 bits per heavy atom. The van der Waals surface area contributed by atoms with Gasteiger partial charge in [-0.15, -0.1) is 0 Å². The smallest absolute Gasteiger partial charge is 0.310 e. The lowest BCUT2D eigenvalue weighted by molar-refractivity contribution is -0.162. The van der Waals surface area contributed by atoms with Gasteiger partial charge in [0, 0.05) is 6.42 Å². The van der Waals surface area contributed by atoms with Gasteiger partial charge >= 0.3 is 11.9 Å². The molecule has 0 amide bonds. The molecule has 0 heterocycles. The summed E-state index contributed by atoms with van der Waals surface area (Å²) >= 11 is 0. The minimum atomic E-state index is -0.905. The topological polar surface area (TPSA) is 95.7 Å². The molecule has 0 aliphatic rings. The zero-order valence-electron chi connectivity index (χ0n) is 15.3. The Kier molecular flexibility index (Phi) is 7.77. The number of hydrogen-bond acceptors (Lipinski definition) is 6. The Balaban J connectivity index is 2.73. The predicted molar refractivity (Wildman–Crippen MR) is 93.5 cm³/mol. The molecule has 1 aromatic carbocycles. The number of ether oxygens (including phenoxy) is 2. The summed E-state index contributed by atoms with van der Waals surface area (Å²) in [6, 6.07) is 8.47. The lowest BCUT2D eigenvalue weighted by atomic mass is 9.96. The van der Waals surface area contributed by atoms with Crippen LogP contribution in [0.2, 0.25) is 0 Å². The van der Waals surface area contributed by atoms with Gasteiger partial charge in [0.2, 0.25) is 0 Å². The van der Waals surface area contributed by atoms with Gasteiger partial charge in [0.05, 0.1) is 18.4 Å². The van der Waals surface area contributed by atoms with Crippen molar-refractivity contribution in [2.75, 3.05) is 0 Å². The number of esters is 2. The average Bonchev–Trinajstić information content (AvgIpc) is 2.50. The molecule has 0 spiro atoms. The number of nitrogens with two attached hydrogens (primary N) is 1. The van der Waals surface area contributed by atoms with E-state index < -0.39 is 29.5 Å². The number of Topliss-reactive ketones (excluding diaryl/α,β-unsaturated/α-hetero) is 1. The van der Waals surface area contributed by atoms with Crippen LogP contribution in [0.25, 0.3) is 0 Å². The zero-order chi connectivity index (χ0) is 19.0. The molecule has 0 saturated carbocycles. The van der Waals surface area contributed by atoms with E-state index in [0.29, 0.717) is 0 Å². The third-order valence-corrected chi connectivity index (χ3v) is 3.35. The van der Waals surface area contributed by atoms with E-state index in [1.807, 2.05) is 30.3 Å². The number of carbonyl (C=O) groups is 3. The van der Waals surface area contributed by atoms with Crippen LogP contribution in [0.15, 0.2) is 30.3 Å². The van der Waals surface area contributed by atoms with Gasteiger partial charge in [-0.3, -0.25) is 14.4 Å². The first-order chi connectivity index (χ1) is 11.6. The van der Waals surface area contributed by atoms with E-state index in [0.717, 1.165) is 5.56 Å². The fourth-order valence-corrected chi connectivity index (χ4v) is 2.10. The van der Waals surface area contributed by atoms with Crippen molar-refractivity contribution in [3.63, 3.8) is 0 Å². The molecule has 25 heavy (non-hydrogen) atoms. The first-order valence-corrected chi connectivity index (χ1v) is 8.29. The van der Waals surface area contributed by atoms with E-state index in [1.54, 1.807) is 27.7 Å². The van der Waals surface area contributed by atoms with Crippen LogP contribution in [-0.2, 0) is 30.5 Å². The fraction of sp³-hybridized carbons (Fsp3) is 0.526. The van der Waals surface area contributed by atoms with Crippen molar-refractivity contribution in [3.8, 4) is 0 Å². The summed E-state index contributed by atoms with van der Waals surface area (Å²) in [6.45, 7) is 6.83. The first kappa shape index (κ1) is 20.8. The molecule has 0 saturated heterocycles. The molecular weight excluding hydrogens is 322 g/mol. The second kappa shape index (κ2) is 9.32. The van der Waals surface area contributed by atoms with Gasteiger partial charge in [-0.2, -0.15) is 0 Å². The SMILES string of the molecule is C[C@H](N)C(=O)C[C@@H](CC(=O)OC(C)(C)C)C(=O)OCc1ccccc1. The summed E-state index contributed by atoms with van der Waals surface area (Å²) in [6.07, 6.45) is -0.367. The zero-order valence-corrected chi connectivity index (χ0v) is 15.3. The molecule has 138 valence electrons. The van der Waals surface area contributed by atoms with Crippen molar-refractivity contribution >= 4 is 17.7 Å². The Hall–Kier alpha value is -2.21. The van der Waals surface area contributed by atoms with Gasteiger partial charge in [0.25, 0.3) is 0 Å². The van der Waals surface area contributed by atoms with Gasteiger partial charge < -0.3 is 15.2 Å². The highest BCUT2D eigenvalue weighted by molar-refractivity contribution is 5.89. The molecule has 0 aliphatic carbocycles. The number of benzene rings is 1. The van der Waals surface area contributed by atoms with E-state index in [4.69, 9.17) is 15.2 Å². The van der Waals surface area contributed by atoms with Gasteiger partial charge in [-0.25, -0.2) is 0 Å². The standard InChI is InChI=1S/C19H27NO5/c1-13(20)16(21)10-15(11-17(22)25-19(2,3)4)18(23)24-12-14-8-6-5-7-9-14/h5-9,13,15H,10-12,20H2,1-4H3/t13-,15-/m0/s1. The Morgan fingerprint density at radius 3 is 2.20 bits per heavy atom. The Morgan fingerprint density at radius 1 is 1.08 bits per heavy atom. The quantitative estimate of drug-likeness (QED) is 0.724. The third kappa shape index (κ3) is 8.44. The van der Waals surface area contributed by atoms with Crippen LogP contribution in [0.5, 0.6) is 0 Å². The van der Waals surface area contributed by atoms with Crippen LogP contribution in [0.4, 0.5) is 0 Å². The molecule has 0 fully saturated rings. The van der Waals surface area contributed by atoms with Gasteiger partial charge in [0.15, 0.2) is 0 Å². The molecule has 0 radical (unpaired) electrons. The van der Waals surface area contributed by atoms with Crippen LogP contribution in [0, 0.1) is 5.92 Å².